The number of hydrogen-bond acceptors (Lipinski definition) is 2. The Bertz CT molecular complexity index is 350. The molecular formula is C10H10ClNO2. The summed E-state index contributed by atoms with van der Waals surface area (Å²) in [5, 5.41) is 0.696. The van der Waals surface area contributed by atoms with Gasteiger partial charge in [-0.05, 0) is 17.7 Å². The average Bonchev–Trinajstić information content (AvgIpc) is 2.50. The number of benzene rings is 1. The summed E-state index contributed by atoms with van der Waals surface area (Å²) in [4.78, 5) is 12.7. The van der Waals surface area contributed by atoms with Gasteiger partial charge in [-0.15, -0.1) is 0 Å². The molecule has 0 unspecified atom stereocenters. The number of nitrogens with zero attached hydrogens (tertiary/aromatic N) is 1. The van der Waals surface area contributed by atoms with Crippen LogP contribution in [0.3, 0.4) is 0 Å². The SMILES string of the molecule is CN1C(=O)OC[C@H]1c1ccc(Cl)cc1. The summed E-state index contributed by atoms with van der Waals surface area (Å²) in [6.45, 7) is 0.414. The van der Waals surface area contributed by atoms with E-state index in [1.54, 1.807) is 11.9 Å². The molecule has 1 aliphatic heterocycles. The molecule has 1 heterocycles. The van der Waals surface area contributed by atoms with Crippen LogP contribution in [0.4, 0.5) is 4.79 Å². The molecule has 14 heavy (non-hydrogen) atoms. The quantitative estimate of drug-likeness (QED) is 0.714. The molecular weight excluding hydrogens is 202 g/mol. The lowest BCUT2D eigenvalue weighted by atomic mass is 10.1. The molecule has 4 heteroatoms. The van der Waals surface area contributed by atoms with E-state index >= 15 is 0 Å². The van der Waals surface area contributed by atoms with Gasteiger partial charge in [0, 0.05) is 12.1 Å². The molecule has 1 atom stereocenters. The lowest BCUT2D eigenvalue weighted by Gasteiger charge is -2.15. The maximum absolute atomic E-state index is 11.1. The van der Waals surface area contributed by atoms with Crippen LogP contribution in [0.15, 0.2) is 24.3 Å². The highest BCUT2D eigenvalue weighted by molar-refractivity contribution is 6.30. The first-order valence-electron chi connectivity index (χ1n) is 4.33. The van der Waals surface area contributed by atoms with Crippen LogP contribution >= 0.6 is 11.6 Å². The Hall–Kier alpha value is -1.22. The normalized spacial score (nSPS) is 21.1. The highest BCUT2D eigenvalue weighted by atomic mass is 35.5. The molecule has 0 spiro atoms. The Labute approximate surface area is 87.2 Å². The molecule has 1 aliphatic rings. The number of carbonyl (C=O) groups is 1. The lowest BCUT2D eigenvalue weighted by molar-refractivity contribution is 0.163. The average molecular weight is 212 g/mol. The second kappa shape index (κ2) is 3.50. The first-order valence-corrected chi connectivity index (χ1v) is 4.71. The molecule has 2 rings (SSSR count). The fourth-order valence-electron chi connectivity index (χ4n) is 1.50. The number of ether oxygens (including phenoxy) is 1. The van der Waals surface area contributed by atoms with Crippen molar-refractivity contribution in [1.29, 1.82) is 0 Å². The Balaban J connectivity index is 2.23. The van der Waals surface area contributed by atoms with E-state index in [4.69, 9.17) is 16.3 Å². The Kier molecular flexibility index (Phi) is 2.33. The van der Waals surface area contributed by atoms with Gasteiger partial charge in [0.15, 0.2) is 0 Å². The van der Waals surface area contributed by atoms with E-state index in [1.807, 2.05) is 24.3 Å². The maximum Gasteiger partial charge on any atom is 0.410 e. The first kappa shape index (κ1) is 9.34. The maximum atomic E-state index is 11.1. The number of amides is 1. The molecule has 1 aromatic rings. The van der Waals surface area contributed by atoms with Gasteiger partial charge in [0.1, 0.15) is 6.61 Å². The van der Waals surface area contributed by atoms with Crippen LogP contribution < -0.4 is 0 Å². The van der Waals surface area contributed by atoms with Crippen molar-refractivity contribution in [3.05, 3.63) is 34.9 Å². The van der Waals surface area contributed by atoms with Gasteiger partial charge >= 0.3 is 6.09 Å². The number of likely N-dealkylation sites (N-methyl/N-ethyl adjacent to an activating group) is 1. The molecule has 0 bridgehead atoms. The van der Waals surface area contributed by atoms with Crippen LogP contribution in [-0.4, -0.2) is 24.6 Å². The number of hydrogen-bond donors (Lipinski definition) is 0. The van der Waals surface area contributed by atoms with Crippen molar-refractivity contribution in [1.82, 2.24) is 4.90 Å². The molecule has 1 fully saturated rings. The molecule has 0 radical (unpaired) electrons. The predicted molar refractivity (Wildman–Crippen MR) is 53.3 cm³/mol. The minimum absolute atomic E-state index is 0.0137. The largest absolute Gasteiger partial charge is 0.447 e. The zero-order valence-electron chi connectivity index (χ0n) is 7.74. The predicted octanol–water partition coefficient (Wildman–Crippen LogP) is 2.46. The summed E-state index contributed by atoms with van der Waals surface area (Å²) >= 11 is 5.77. The van der Waals surface area contributed by atoms with Gasteiger partial charge in [-0.1, -0.05) is 23.7 Å². The molecule has 1 aromatic carbocycles. The van der Waals surface area contributed by atoms with E-state index in [0.717, 1.165) is 5.56 Å². The summed E-state index contributed by atoms with van der Waals surface area (Å²) in [7, 11) is 1.73. The smallest absolute Gasteiger partial charge is 0.410 e. The van der Waals surface area contributed by atoms with Crippen LogP contribution in [-0.2, 0) is 4.74 Å². The number of carbonyl (C=O) groups excluding carboxylic acids is 1. The Morgan fingerprint density at radius 3 is 2.57 bits per heavy atom. The van der Waals surface area contributed by atoms with Crippen LogP contribution in [0.1, 0.15) is 11.6 Å². The minimum Gasteiger partial charge on any atom is -0.447 e. The molecule has 3 nitrogen and oxygen atoms in total. The van der Waals surface area contributed by atoms with Crippen molar-refractivity contribution in [2.24, 2.45) is 0 Å². The Morgan fingerprint density at radius 1 is 1.43 bits per heavy atom. The third kappa shape index (κ3) is 1.55. The second-order valence-corrected chi connectivity index (χ2v) is 3.69. The van der Waals surface area contributed by atoms with Gasteiger partial charge in [0.2, 0.25) is 0 Å². The third-order valence-corrected chi connectivity index (χ3v) is 2.63. The van der Waals surface area contributed by atoms with Crippen LogP contribution in [0, 0.1) is 0 Å². The summed E-state index contributed by atoms with van der Waals surface area (Å²) in [6, 6.07) is 7.46. The first-order chi connectivity index (χ1) is 6.68. The molecule has 0 saturated carbocycles. The van der Waals surface area contributed by atoms with E-state index in [-0.39, 0.29) is 12.1 Å². The fraction of sp³-hybridized carbons (Fsp3) is 0.300. The molecule has 0 aromatic heterocycles. The monoisotopic (exact) mass is 211 g/mol. The molecule has 74 valence electrons. The zero-order chi connectivity index (χ0) is 10.1. The van der Waals surface area contributed by atoms with Crippen molar-refractivity contribution < 1.29 is 9.53 Å². The van der Waals surface area contributed by atoms with Crippen molar-refractivity contribution in [3.8, 4) is 0 Å². The number of cyclic esters (lactones) is 1. The van der Waals surface area contributed by atoms with E-state index in [2.05, 4.69) is 0 Å². The highest BCUT2D eigenvalue weighted by Gasteiger charge is 2.30. The lowest BCUT2D eigenvalue weighted by Crippen LogP contribution is -2.22. The molecule has 1 saturated heterocycles. The Morgan fingerprint density at radius 2 is 2.07 bits per heavy atom. The van der Waals surface area contributed by atoms with Crippen molar-refractivity contribution >= 4 is 17.7 Å². The molecule has 1 amide bonds. The third-order valence-electron chi connectivity index (χ3n) is 2.37. The summed E-state index contributed by atoms with van der Waals surface area (Å²) in [5.41, 5.74) is 1.04. The highest BCUT2D eigenvalue weighted by Crippen LogP contribution is 2.26. The standard InChI is InChI=1S/C10H10ClNO2/c1-12-9(6-14-10(12)13)7-2-4-8(11)5-3-7/h2-5,9H,6H2,1H3/t9-/m0/s1. The van der Waals surface area contributed by atoms with Crippen molar-refractivity contribution in [2.75, 3.05) is 13.7 Å². The van der Waals surface area contributed by atoms with Gasteiger partial charge in [-0.25, -0.2) is 4.79 Å². The van der Waals surface area contributed by atoms with Gasteiger partial charge in [0.25, 0.3) is 0 Å². The molecule has 0 N–H and O–H groups in total. The van der Waals surface area contributed by atoms with Crippen molar-refractivity contribution in [2.45, 2.75) is 6.04 Å². The van der Waals surface area contributed by atoms with Crippen LogP contribution in [0.25, 0.3) is 0 Å². The van der Waals surface area contributed by atoms with E-state index in [0.29, 0.717) is 11.6 Å². The van der Waals surface area contributed by atoms with E-state index in [1.165, 1.54) is 0 Å². The van der Waals surface area contributed by atoms with Crippen molar-refractivity contribution in [3.63, 3.8) is 0 Å². The number of halogens is 1. The minimum atomic E-state index is -0.273. The van der Waals surface area contributed by atoms with Gasteiger partial charge in [-0.3, -0.25) is 0 Å². The zero-order valence-corrected chi connectivity index (χ0v) is 8.49. The van der Waals surface area contributed by atoms with Gasteiger partial charge in [0.05, 0.1) is 6.04 Å². The summed E-state index contributed by atoms with van der Waals surface area (Å²) < 4.78 is 4.92. The van der Waals surface area contributed by atoms with Gasteiger partial charge in [-0.2, -0.15) is 0 Å². The van der Waals surface area contributed by atoms with Crippen LogP contribution in [0.5, 0.6) is 0 Å². The van der Waals surface area contributed by atoms with E-state index in [9.17, 15) is 4.79 Å². The summed E-state index contributed by atoms with van der Waals surface area (Å²) in [5.74, 6) is 0. The van der Waals surface area contributed by atoms with E-state index < -0.39 is 0 Å². The molecule has 0 aliphatic carbocycles. The summed E-state index contributed by atoms with van der Waals surface area (Å²) in [6.07, 6.45) is -0.273. The van der Waals surface area contributed by atoms with Crippen LogP contribution in [0.2, 0.25) is 5.02 Å². The topological polar surface area (TPSA) is 29.5 Å². The fourth-order valence-corrected chi connectivity index (χ4v) is 1.62. The number of rotatable bonds is 1. The second-order valence-electron chi connectivity index (χ2n) is 3.26. The van der Waals surface area contributed by atoms with Gasteiger partial charge < -0.3 is 9.64 Å².